The summed E-state index contributed by atoms with van der Waals surface area (Å²) >= 11 is 0. The predicted molar refractivity (Wildman–Crippen MR) is 52.1 cm³/mol. The summed E-state index contributed by atoms with van der Waals surface area (Å²) in [5.41, 5.74) is 1.35. The lowest BCUT2D eigenvalue weighted by Gasteiger charge is -2.10. The molecule has 0 aromatic carbocycles. The third-order valence-corrected chi connectivity index (χ3v) is 2.19. The predicted octanol–water partition coefficient (Wildman–Crippen LogP) is 2.94. The Balaban J connectivity index is 2.50. The smallest absolute Gasteiger partial charge is 0.0650 e. The molecular formula is C11H18O. The van der Waals surface area contributed by atoms with Gasteiger partial charge in [-0.15, -0.1) is 0 Å². The molecule has 1 aliphatic heterocycles. The van der Waals surface area contributed by atoms with Crippen LogP contribution in [-0.2, 0) is 4.74 Å². The van der Waals surface area contributed by atoms with E-state index in [1.807, 2.05) is 0 Å². The first kappa shape index (κ1) is 9.53. The summed E-state index contributed by atoms with van der Waals surface area (Å²) in [4.78, 5) is 0. The first-order valence-electron chi connectivity index (χ1n) is 4.70. The summed E-state index contributed by atoms with van der Waals surface area (Å²) in [6, 6.07) is 0. The second kappa shape index (κ2) is 5.15. The molecule has 1 nitrogen and oxygen atoms in total. The van der Waals surface area contributed by atoms with Crippen molar-refractivity contribution in [2.75, 3.05) is 13.2 Å². The molecule has 0 amide bonds. The van der Waals surface area contributed by atoms with Crippen LogP contribution in [-0.4, -0.2) is 13.2 Å². The average Bonchev–Trinajstić information content (AvgIpc) is 2.07. The number of hydrogen-bond acceptors (Lipinski definition) is 1. The quantitative estimate of drug-likeness (QED) is 0.537. The highest BCUT2D eigenvalue weighted by atomic mass is 16.5. The van der Waals surface area contributed by atoms with E-state index in [2.05, 4.69) is 32.1 Å². The van der Waals surface area contributed by atoms with Gasteiger partial charge in [-0.05, 0) is 25.7 Å². The molecule has 0 N–H and O–H groups in total. The van der Waals surface area contributed by atoms with Gasteiger partial charge in [0.2, 0.25) is 0 Å². The fourth-order valence-electron chi connectivity index (χ4n) is 1.24. The van der Waals surface area contributed by atoms with E-state index in [9.17, 15) is 0 Å². The molecule has 1 heterocycles. The van der Waals surface area contributed by atoms with Gasteiger partial charge in [0, 0.05) is 6.61 Å². The topological polar surface area (TPSA) is 9.23 Å². The SMILES string of the molecule is CC1=C/CC(C)CCOC/C=C\1. The zero-order valence-electron chi connectivity index (χ0n) is 8.05. The van der Waals surface area contributed by atoms with Crippen LogP contribution >= 0.6 is 0 Å². The molecule has 0 aromatic rings. The van der Waals surface area contributed by atoms with Crippen LogP contribution in [0.2, 0.25) is 0 Å². The van der Waals surface area contributed by atoms with Crippen LogP contribution in [0.3, 0.4) is 0 Å². The third kappa shape index (κ3) is 3.72. The van der Waals surface area contributed by atoms with Crippen LogP contribution in [0.4, 0.5) is 0 Å². The fourth-order valence-corrected chi connectivity index (χ4v) is 1.24. The molecular weight excluding hydrogens is 148 g/mol. The molecule has 0 saturated heterocycles. The van der Waals surface area contributed by atoms with Gasteiger partial charge in [0.05, 0.1) is 6.61 Å². The van der Waals surface area contributed by atoms with E-state index in [0.717, 1.165) is 19.1 Å². The average molecular weight is 166 g/mol. The molecule has 68 valence electrons. The van der Waals surface area contributed by atoms with Gasteiger partial charge in [0.15, 0.2) is 0 Å². The highest BCUT2D eigenvalue weighted by Crippen LogP contribution is 2.11. The highest BCUT2D eigenvalue weighted by molar-refractivity contribution is 5.15. The number of hydrogen-bond donors (Lipinski definition) is 0. The molecule has 1 heteroatoms. The summed E-state index contributed by atoms with van der Waals surface area (Å²) in [7, 11) is 0. The molecule has 1 rings (SSSR count). The molecule has 0 bridgehead atoms. The first-order valence-corrected chi connectivity index (χ1v) is 4.70. The Morgan fingerprint density at radius 1 is 1.50 bits per heavy atom. The fraction of sp³-hybridized carbons (Fsp3) is 0.636. The van der Waals surface area contributed by atoms with Crippen molar-refractivity contribution in [3.63, 3.8) is 0 Å². The van der Waals surface area contributed by atoms with E-state index in [-0.39, 0.29) is 0 Å². The molecule has 1 aliphatic rings. The van der Waals surface area contributed by atoms with Crippen molar-refractivity contribution in [3.8, 4) is 0 Å². The maximum absolute atomic E-state index is 5.41. The monoisotopic (exact) mass is 166 g/mol. The Morgan fingerprint density at radius 3 is 3.17 bits per heavy atom. The van der Waals surface area contributed by atoms with Crippen molar-refractivity contribution < 1.29 is 4.74 Å². The van der Waals surface area contributed by atoms with Crippen molar-refractivity contribution in [2.24, 2.45) is 5.92 Å². The van der Waals surface area contributed by atoms with Crippen molar-refractivity contribution in [2.45, 2.75) is 26.7 Å². The van der Waals surface area contributed by atoms with Crippen LogP contribution in [0.5, 0.6) is 0 Å². The number of allylic oxidation sites excluding steroid dienone is 3. The molecule has 0 aromatic heterocycles. The number of rotatable bonds is 0. The minimum Gasteiger partial charge on any atom is -0.377 e. The molecule has 1 unspecified atom stereocenters. The van der Waals surface area contributed by atoms with Crippen molar-refractivity contribution in [1.82, 2.24) is 0 Å². The van der Waals surface area contributed by atoms with Gasteiger partial charge < -0.3 is 4.74 Å². The lowest BCUT2D eigenvalue weighted by molar-refractivity contribution is 0.147. The standard InChI is InChI=1S/C11H18O/c1-10-4-3-8-12-9-7-11(2)6-5-10/h3-5,11H,6-9H2,1-2H3/b4-3-,10-5-. The van der Waals surface area contributed by atoms with E-state index in [0.29, 0.717) is 0 Å². The Bertz CT molecular complexity index is 179. The summed E-state index contributed by atoms with van der Waals surface area (Å²) < 4.78 is 5.41. The van der Waals surface area contributed by atoms with Gasteiger partial charge in [0.1, 0.15) is 0 Å². The normalized spacial score (nSPS) is 33.5. The van der Waals surface area contributed by atoms with E-state index < -0.39 is 0 Å². The van der Waals surface area contributed by atoms with Crippen molar-refractivity contribution in [1.29, 1.82) is 0 Å². The highest BCUT2D eigenvalue weighted by Gasteiger charge is 2.00. The first-order chi connectivity index (χ1) is 5.79. The molecule has 0 aliphatic carbocycles. The summed E-state index contributed by atoms with van der Waals surface area (Å²) in [6.07, 6.45) is 8.89. The van der Waals surface area contributed by atoms with Gasteiger partial charge in [-0.3, -0.25) is 0 Å². The second-order valence-electron chi connectivity index (χ2n) is 3.55. The molecule has 0 spiro atoms. The van der Waals surface area contributed by atoms with Gasteiger partial charge in [-0.2, -0.15) is 0 Å². The zero-order valence-corrected chi connectivity index (χ0v) is 8.05. The Kier molecular flexibility index (Phi) is 4.09. The third-order valence-electron chi connectivity index (χ3n) is 2.19. The van der Waals surface area contributed by atoms with Crippen LogP contribution < -0.4 is 0 Å². The van der Waals surface area contributed by atoms with E-state index >= 15 is 0 Å². The minimum atomic E-state index is 0.756. The number of ether oxygens (including phenoxy) is 1. The van der Waals surface area contributed by atoms with E-state index in [4.69, 9.17) is 4.74 Å². The maximum Gasteiger partial charge on any atom is 0.0650 e. The Labute approximate surface area is 75.1 Å². The van der Waals surface area contributed by atoms with Crippen molar-refractivity contribution >= 4 is 0 Å². The summed E-state index contributed by atoms with van der Waals surface area (Å²) in [5.74, 6) is 0.756. The molecule has 0 fully saturated rings. The Hall–Kier alpha value is -0.560. The van der Waals surface area contributed by atoms with E-state index in [1.165, 1.54) is 18.4 Å². The van der Waals surface area contributed by atoms with Crippen molar-refractivity contribution in [3.05, 3.63) is 23.8 Å². The molecule has 12 heavy (non-hydrogen) atoms. The molecule has 1 atom stereocenters. The van der Waals surface area contributed by atoms with Crippen LogP contribution in [0, 0.1) is 5.92 Å². The Morgan fingerprint density at radius 2 is 2.33 bits per heavy atom. The van der Waals surface area contributed by atoms with E-state index in [1.54, 1.807) is 0 Å². The largest absolute Gasteiger partial charge is 0.377 e. The zero-order chi connectivity index (χ0) is 8.81. The summed E-state index contributed by atoms with van der Waals surface area (Å²) in [5, 5.41) is 0. The van der Waals surface area contributed by atoms with Crippen LogP contribution in [0.15, 0.2) is 23.8 Å². The van der Waals surface area contributed by atoms with Crippen LogP contribution in [0.1, 0.15) is 26.7 Å². The lowest BCUT2D eigenvalue weighted by atomic mass is 10.0. The summed E-state index contributed by atoms with van der Waals surface area (Å²) in [6.45, 7) is 6.08. The second-order valence-corrected chi connectivity index (χ2v) is 3.55. The van der Waals surface area contributed by atoms with Gasteiger partial charge in [0.25, 0.3) is 0 Å². The van der Waals surface area contributed by atoms with Gasteiger partial charge >= 0.3 is 0 Å². The van der Waals surface area contributed by atoms with Gasteiger partial charge in [-0.25, -0.2) is 0 Å². The maximum atomic E-state index is 5.41. The molecule has 0 saturated carbocycles. The van der Waals surface area contributed by atoms with Crippen LogP contribution in [0.25, 0.3) is 0 Å². The molecule has 0 radical (unpaired) electrons. The minimum absolute atomic E-state index is 0.756. The lowest BCUT2D eigenvalue weighted by Crippen LogP contribution is -2.02. The van der Waals surface area contributed by atoms with Gasteiger partial charge in [-0.1, -0.05) is 30.7 Å².